The molecule has 0 bridgehead atoms. The minimum absolute atomic E-state index is 0.424. The largest absolute Gasteiger partial charge is 0.314 e. The van der Waals surface area contributed by atoms with Crippen LogP contribution in [0.4, 0.5) is 0 Å². The van der Waals surface area contributed by atoms with Gasteiger partial charge in [0.05, 0.1) is 0 Å². The molecule has 0 amide bonds. The Balaban J connectivity index is 1.79. The summed E-state index contributed by atoms with van der Waals surface area (Å²) >= 11 is 5.78. The number of nitrogens with zero attached hydrogens (tertiary/aromatic N) is 1. The van der Waals surface area contributed by atoms with Crippen LogP contribution in [0.5, 0.6) is 0 Å². The molecule has 116 valence electrons. The summed E-state index contributed by atoms with van der Waals surface area (Å²) in [7, 11) is -3.40. The summed E-state index contributed by atoms with van der Waals surface area (Å²) in [6, 6.07) is 7.00. The molecule has 21 heavy (non-hydrogen) atoms. The van der Waals surface area contributed by atoms with Gasteiger partial charge in [0.2, 0.25) is 10.0 Å². The van der Waals surface area contributed by atoms with Gasteiger partial charge >= 0.3 is 0 Å². The minimum atomic E-state index is -3.40. The van der Waals surface area contributed by atoms with Gasteiger partial charge in [-0.2, -0.15) is 0 Å². The lowest BCUT2D eigenvalue weighted by Crippen LogP contribution is -2.46. The van der Waals surface area contributed by atoms with Gasteiger partial charge in [-0.25, -0.2) is 13.1 Å². The lowest BCUT2D eigenvalue weighted by Gasteiger charge is -2.26. The second kappa shape index (κ2) is 7.91. The first-order valence-corrected chi connectivity index (χ1v) is 8.84. The van der Waals surface area contributed by atoms with Crippen LogP contribution in [-0.4, -0.2) is 52.6 Å². The molecule has 1 heterocycles. The van der Waals surface area contributed by atoms with E-state index >= 15 is 0 Å². The fourth-order valence-electron chi connectivity index (χ4n) is 2.07. The van der Waals surface area contributed by atoms with Crippen LogP contribution in [0, 0.1) is 0 Å². The quantitative estimate of drug-likeness (QED) is 0.821. The van der Waals surface area contributed by atoms with Crippen molar-refractivity contribution in [1.82, 2.24) is 14.9 Å². The highest BCUT2D eigenvalue weighted by molar-refractivity contribution is 7.92. The van der Waals surface area contributed by atoms with E-state index in [0.29, 0.717) is 11.6 Å². The normalized spacial score (nSPS) is 17.4. The third-order valence-electron chi connectivity index (χ3n) is 3.25. The summed E-state index contributed by atoms with van der Waals surface area (Å²) in [5, 5.41) is 5.08. The Labute approximate surface area is 131 Å². The van der Waals surface area contributed by atoms with E-state index < -0.39 is 10.0 Å². The van der Waals surface area contributed by atoms with Crippen LogP contribution in [0.3, 0.4) is 0 Å². The molecule has 0 radical (unpaired) electrons. The van der Waals surface area contributed by atoms with Crippen LogP contribution in [-0.2, 0) is 10.0 Å². The number of rotatable bonds is 6. The monoisotopic (exact) mass is 329 g/mol. The molecule has 1 aromatic carbocycles. The average Bonchev–Trinajstić information content (AvgIpc) is 2.48. The lowest BCUT2D eigenvalue weighted by molar-refractivity contribution is 0.245. The van der Waals surface area contributed by atoms with E-state index in [9.17, 15) is 8.42 Å². The van der Waals surface area contributed by atoms with Gasteiger partial charge in [0, 0.05) is 49.7 Å². The number of halogens is 1. The van der Waals surface area contributed by atoms with Gasteiger partial charge in [0.15, 0.2) is 0 Å². The van der Waals surface area contributed by atoms with Crippen LogP contribution in [0.2, 0.25) is 5.02 Å². The molecule has 0 unspecified atom stereocenters. The molecule has 0 spiro atoms. The van der Waals surface area contributed by atoms with Crippen molar-refractivity contribution in [1.29, 1.82) is 0 Å². The molecule has 2 N–H and O–H groups in total. The third kappa shape index (κ3) is 6.15. The van der Waals surface area contributed by atoms with Crippen LogP contribution < -0.4 is 10.0 Å². The molecule has 5 nitrogen and oxygen atoms in total. The molecule has 0 saturated carbocycles. The molecule has 0 atom stereocenters. The number of sulfonamides is 1. The summed E-state index contributed by atoms with van der Waals surface area (Å²) in [6.45, 7) is 5.00. The van der Waals surface area contributed by atoms with E-state index in [4.69, 9.17) is 11.6 Å². The van der Waals surface area contributed by atoms with Crippen molar-refractivity contribution in [2.24, 2.45) is 0 Å². The van der Waals surface area contributed by atoms with Crippen molar-refractivity contribution in [3.8, 4) is 0 Å². The molecule has 2 rings (SSSR count). The lowest BCUT2D eigenvalue weighted by atomic mass is 10.2. The van der Waals surface area contributed by atoms with E-state index in [1.807, 2.05) is 0 Å². The number of benzene rings is 1. The van der Waals surface area contributed by atoms with Crippen LogP contribution in [0.25, 0.3) is 6.08 Å². The summed E-state index contributed by atoms with van der Waals surface area (Å²) < 4.78 is 26.3. The number of hydrogen-bond acceptors (Lipinski definition) is 4. The van der Waals surface area contributed by atoms with Crippen molar-refractivity contribution in [3.05, 3.63) is 40.3 Å². The minimum Gasteiger partial charge on any atom is -0.314 e. The molecule has 0 aliphatic carbocycles. The van der Waals surface area contributed by atoms with E-state index in [2.05, 4.69) is 14.9 Å². The molecular formula is C14H20ClN3O2S. The predicted octanol–water partition coefficient (Wildman–Crippen LogP) is 1.14. The highest BCUT2D eigenvalue weighted by atomic mass is 35.5. The first-order valence-electron chi connectivity index (χ1n) is 6.91. The maximum atomic E-state index is 11.9. The topological polar surface area (TPSA) is 61.4 Å². The SMILES string of the molecule is O=S(=O)(/C=C/c1ccc(Cl)cc1)NCCN1CCNCC1. The highest BCUT2D eigenvalue weighted by Gasteiger charge is 2.10. The van der Waals surface area contributed by atoms with Gasteiger partial charge < -0.3 is 5.32 Å². The predicted molar refractivity (Wildman–Crippen MR) is 86.7 cm³/mol. The Bertz CT molecular complexity index is 566. The molecule has 1 aliphatic heterocycles. The van der Waals surface area contributed by atoms with Gasteiger partial charge in [-0.3, -0.25) is 4.90 Å². The Morgan fingerprint density at radius 3 is 2.57 bits per heavy atom. The summed E-state index contributed by atoms with van der Waals surface area (Å²) in [4.78, 5) is 2.24. The standard InChI is InChI=1S/C14H20ClN3O2S/c15-14-3-1-13(2-4-14)5-12-21(19,20)17-8-11-18-9-6-16-7-10-18/h1-5,12,16-17H,6-11H2/b12-5+. The Hall–Kier alpha value is -0.920. The number of nitrogens with one attached hydrogen (secondary N) is 2. The first kappa shape index (κ1) is 16.5. The van der Waals surface area contributed by atoms with Gasteiger partial charge in [-0.05, 0) is 23.8 Å². The first-order chi connectivity index (χ1) is 10.1. The fraction of sp³-hybridized carbons (Fsp3) is 0.429. The summed E-state index contributed by atoms with van der Waals surface area (Å²) in [6.07, 6.45) is 1.56. The molecule has 0 aromatic heterocycles. The van der Waals surface area contributed by atoms with E-state index in [1.165, 1.54) is 5.41 Å². The zero-order valence-electron chi connectivity index (χ0n) is 11.8. The molecule has 7 heteroatoms. The highest BCUT2D eigenvalue weighted by Crippen LogP contribution is 2.11. The van der Waals surface area contributed by atoms with Crippen LogP contribution >= 0.6 is 11.6 Å². The Kier molecular flexibility index (Phi) is 6.20. The van der Waals surface area contributed by atoms with E-state index in [-0.39, 0.29) is 0 Å². The van der Waals surface area contributed by atoms with E-state index in [0.717, 1.165) is 38.3 Å². The van der Waals surface area contributed by atoms with Crippen molar-refractivity contribution in [2.45, 2.75) is 0 Å². The maximum absolute atomic E-state index is 11.9. The van der Waals surface area contributed by atoms with Crippen LogP contribution in [0.15, 0.2) is 29.7 Å². The van der Waals surface area contributed by atoms with Gasteiger partial charge in [-0.1, -0.05) is 23.7 Å². The second-order valence-corrected chi connectivity index (χ2v) is 6.97. The van der Waals surface area contributed by atoms with Crippen molar-refractivity contribution in [3.63, 3.8) is 0 Å². The van der Waals surface area contributed by atoms with Gasteiger partial charge in [0.1, 0.15) is 0 Å². The van der Waals surface area contributed by atoms with Crippen molar-refractivity contribution < 1.29 is 8.42 Å². The second-order valence-electron chi connectivity index (χ2n) is 4.89. The van der Waals surface area contributed by atoms with Gasteiger partial charge in [-0.15, -0.1) is 0 Å². The fourth-order valence-corrected chi connectivity index (χ4v) is 3.01. The third-order valence-corrected chi connectivity index (χ3v) is 4.60. The van der Waals surface area contributed by atoms with Crippen molar-refractivity contribution in [2.75, 3.05) is 39.3 Å². The maximum Gasteiger partial charge on any atom is 0.233 e. The zero-order valence-corrected chi connectivity index (χ0v) is 13.3. The average molecular weight is 330 g/mol. The Morgan fingerprint density at radius 1 is 1.24 bits per heavy atom. The molecule has 1 saturated heterocycles. The summed E-state index contributed by atoms with van der Waals surface area (Å²) in [5.41, 5.74) is 0.798. The van der Waals surface area contributed by atoms with Gasteiger partial charge in [0.25, 0.3) is 0 Å². The molecule has 1 fully saturated rings. The molecule has 1 aromatic rings. The number of hydrogen-bond donors (Lipinski definition) is 2. The summed E-state index contributed by atoms with van der Waals surface area (Å²) in [5.74, 6) is 0. The van der Waals surface area contributed by atoms with Crippen molar-refractivity contribution >= 4 is 27.7 Å². The Morgan fingerprint density at radius 2 is 1.90 bits per heavy atom. The molecular weight excluding hydrogens is 310 g/mol. The van der Waals surface area contributed by atoms with E-state index in [1.54, 1.807) is 30.3 Å². The number of piperazine rings is 1. The smallest absolute Gasteiger partial charge is 0.233 e. The zero-order chi connectivity index (χ0) is 15.1. The van der Waals surface area contributed by atoms with Crippen LogP contribution in [0.1, 0.15) is 5.56 Å². The molecule has 1 aliphatic rings.